The Morgan fingerprint density at radius 3 is 2.42 bits per heavy atom. The van der Waals surface area contributed by atoms with Gasteiger partial charge in [-0.2, -0.15) is 13.2 Å². The van der Waals surface area contributed by atoms with Crippen LogP contribution in [0.2, 0.25) is 0 Å². The second-order valence-corrected chi connectivity index (χ2v) is 8.11. The Morgan fingerprint density at radius 1 is 1.27 bits per heavy atom. The Hall–Kier alpha value is -1.28. The lowest BCUT2D eigenvalue weighted by atomic mass is 10.1. The maximum Gasteiger partial charge on any atom is 0.416 e. The van der Waals surface area contributed by atoms with Gasteiger partial charge in [-0.15, -0.1) is 0 Å². The van der Waals surface area contributed by atoms with E-state index in [2.05, 4.69) is 15.9 Å². The van der Waals surface area contributed by atoms with E-state index in [1.54, 1.807) is 20.8 Å². The average molecular weight is 438 g/mol. The van der Waals surface area contributed by atoms with Gasteiger partial charge in [-0.1, -0.05) is 15.9 Å². The maximum absolute atomic E-state index is 13.0. The number of alkyl halides is 3. The van der Waals surface area contributed by atoms with Gasteiger partial charge >= 0.3 is 12.3 Å². The normalized spacial score (nSPS) is 16.4. The lowest BCUT2D eigenvalue weighted by molar-refractivity contribution is -0.137. The highest BCUT2D eigenvalue weighted by atomic mass is 79.9. The predicted molar refractivity (Wildman–Crippen MR) is 94.8 cm³/mol. The summed E-state index contributed by atoms with van der Waals surface area (Å²) < 4.78 is 50.4. The maximum atomic E-state index is 13.0. The zero-order valence-corrected chi connectivity index (χ0v) is 16.6. The summed E-state index contributed by atoms with van der Waals surface area (Å²) in [4.78, 5) is 14.2. The van der Waals surface area contributed by atoms with Crippen molar-refractivity contribution in [1.29, 1.82) is 0 Å². The van der Waals surface area contributed by atoms with E-state index < -0.39 is 23.4 Å². The zero-order chi connectivity index (χ0) is 19.5. The van der Waals surface area contributed by atoms with E-state index in [4.69, 9.17) is 9.47 Å². The van der Waals surface area contributed by atoms with Crippen molar-refractivity contribution in [3.8, 4) is 0 Å². The van der Waals surface area contributed by atoms with E-state index in [1.807, 2.05) is 0 Å². The second-order valence-electron chi connectivity index (χ2n) is 7.26. The van der Waals surface area contributed by atoms with Crippen LogP contribution in [0, 0.1) is 0 Å². The Bertz CT molecular complexity index is 638. The molecule has 1 amide bonds. The molecule has 1 aliphatic heterocycles. The van der Waals surface area contributed by atoms with Crippen molar-refractivity contribution in [1.82, 2.24) is 4.90 Å². The summed E-state index contributed by atoms with van der Waals surface area (Å²) in [6.45, 7) is 6.32. The summed E-state index contributed by atoms with van der Waals surface area (Å²) >= 11 is 3.29. The topological polar surface area (TPSA) is 38.8 Å². The predicted octanol–water partition coefficient (Wildman–Crippen LogP) is 5.38. The zero-order valence-electron chi connectivity index (χ0n) is 15.0. The number of amides is 1. The molecule has 2 rings (SSSR count). The molecule has 0 aromatic heterocycles. The summed E-state index contributed by atoms with van der Waals surface area (Å²) in [5.74, 6) is 0. The van der Waals surface area contributed by atoms with Crippen molar-refractivity contribution >= 4 is 22.0 Å². The van der Waals surface area contributed by atoms with E-state index >= 15 is 0 Å². The SMILES string of the molecule is CC(C)(C)OC(=O)N(Cc1cc(C(F)(F)F)ccc1Br)C1CCOCC1. The molecule has 0 radical (unpaired) electrons. The van der Waals surface area contributed by atoms with Gasteiger partial charge in [-0.3, -0.25) is 0 Å². The first-order valence-electron chi connectivity index (χ1n) is 8.40. The largest absolute Gasteiger partial charge is 0.444 e. The summed E-state index contributed by atoms with van der Waals surface area (Å²) in [7, 11) is 0. The Balaban J connectivity index is 2.30. The van der Waals surface area contributed by atoms with Crippen molar-refractivity contribution in [3.05, 3.63) is 33.8 Å². The standard InChI is InChI=1S/C18H23BrF3NO3/c1-17(2,3)26-16(24)23(14-6-8-25-9-7-14)11-12-10-13(18(20,21)22)4-5-15(12)19/h4-5,10,14H,6-9,11H2,1-3H3. The Labute approximate surface area is 159 Å². The fraction of sp³-hybridized carbons (Fsp3) is 0.611. The third-order valence-corrected chi connectivity index (χ3v) is 4.75. The highest BCUT2D eigenvalue weighted by molar-refractivity contribution is 9.10. The molecular formula is C18H23BrF3NO3. The fourth-order valence-corrected chi connectivity index (χ4v) is 3.09. The van der Waals surface area contributed by atoms with E-state index in [0.29, 0.717) is 36.1 Å². The van der Waals surface area contributed by atoms with Crippen molar-refractivity contribution in [3.63, 3.8) is 0 Å². The molecule has 1 fully saturated rings. The van der Waals surface area contributed by atoms with Crippen LogP contribution in [-0.2, 0) is 22.2 Å². The van der Waals surface area contributed by atoms with Crippen LogP contribution in [0.4, 0.5) is 18.0 Å². The number of carbonyl (C=O) groups excluding carboxylic acids is 1. The molecule has 0 spiro atoms. The average Bonchev–Trinajstić information content (AvgIpc) is 2.52. The van der Waals surface area contributed by atoms with Crippen LogP contribution in [-0.4, -0.2) is 35.8 Å². The quantitative estimate of drug-likeness (QED) is 0.636. The number of hydrogen-bond acceptors (Lipinski definition) is 3. The number of ether oxygens (including phenoxy) is 2. The molecule has 26 heavy (non-hydrogen) atoms. The lowest BCUT2D eigenvalue weighted by Crippen LogP contribution is -2.45. The number of halogens is 4. The van der Waals surface area contributed by atoms with Crippen LogP contribution in [0.5, 0.6) is 0 Å². The van der Waals surface area contributed by atoms with Crippen LogP contribution in [0.3, 0.4) is 0 Å². The molecule has 0 bridgehead atoms. The minimum atomic E-state index is -4.44. The highest BCUT2D eigenvalue weighted by Crippen LogP contribution is 2.33. The summed E-state index contributed by atoms with van der Waals surface area (Å²) in [6, 6.07) is 3.30. The van der Waals surface area contributed by atoms with Crippen molar-refractivity contribution in [2.75, 3.05) is 13.2 Å². The van der Waals surface area contributed by atoms with Gasteiger partial charge in [0.1, 0.15) is 5.60 Å². The second kappa shape index (κ2) is 8.17. The number of carbonyl (C=O) groups is 1. The molecule has 0 N–H and O–H groups in total. The van der Waals surface area contributed by atoms with Gasteiger partial charge in [0, 0.05) is 23.7 Å². The monoisotopic (exact) mass is 437 g/mol. The molecule has 1 aromatic rings. The molecular weight excluding hydrogens is 415 g/mol. The van der Waals surface area contributed by atoms with Gasteiger partial charge in [0.15, 0.2) is 0 Å². The van der Waals surface area contributed by atoms with Gasteiger partial charge in [-0.25, -0.2) is 4.79 Å². The van der Waals surface area contributed by atoms with Gasteiger partial charge in [0.2, 0.25) is 0 Å². The Morgan fingerprint density at radius 2 is 1.88 bits per heavy atom. The smallest absolute Gasteiger partial charge is 0.416 e. The molecule has 1 aliphatic rings. The molecule has 0 aliphatic carbocycles. The molecule has 1 aromatic carbocycles. The van der Waals surface area contributed by atoms with Gasteiger partial charge in [0.25, 0.3) is 0 Å². The number of nitrogens with zero attached hydrogens (tertiary/aromatic N) is 1. The first kappa shape index (κ1) is 21.0. The van der Waals surface area contributed by atoms with Crippen LogP contribution in [0.1, 0.15) is 44.7 Å². The molecule has 1 heterocycles. The number of rotatable bonds is 3. The van der Waals surface area contributed by atoms with E-state index in [9.17, 15) is 18.0 Å². The third-order valence-electron chi connectivity index (χ3n) is 3.97. The van der Waals surface area contributed by atoms with Crippen LogP contribution < -0.4 is 0 Å². The Kier molecular flexibility index (Phi) is 6.60. The van der Waals surface area contributed by atoms with Gasteiger partial charge in [0.05, 0.1) is 12.1 Å². The van der Waals surface area contributed by atoms with E-state index in [-0.39, 0.29) is 12.6 Å². The molecule has 1 saturated heterocycles. The summed E-state index contributed by atoms with van der Waals surface area (Å²) in [5, 5.41) is 0. The van der Waals surface area contributed by atoms with E-state index in [0.717, 1.165) is 12.1 Å². The summed E-state index contributed by atoms with van der Waals surface area (Å²) in [5.41, 5.74) is -1.05. The first-order chi connectivity index (χ1) is 12.0. The minimum Gasteiger partial charge on any atom is -0.444 e. The molecule has 4 nitrogen and oxygen atoms in total. The van der Waals surface area contributed by atoms with Crippen LogP contribution in [0.25, 0.3) is 0 Å². The highest BCUT2D eigenvalue weighted by Gasteiger charge is 2.33. The van der Waals surface area contributed by atoms with Crippen LogP contribution in [0.15, 0.2) is 22.7 Å². The van der Waals surface area contributed by atoms with Crippen LogP contribution >= 0.6 is 15.9 Å². The van der Waals surface area contributed by atoms with Crippen molar-refractivity contribution in [2.45, 2.75) is 58.0 Å². The molecule has 0 atom stereocenters. The van der Waals surface area contributed by atoms with Crippen molar-refractivity contribution in [2.24, 2.45) is 0 Å². The molecule has 146 valence electrons. The van der Waals surface area contributed by atoms with Gasteiger partial charge < -0.3 is 14.4 Å². The third kappa shape index (κ3) is 5.87. The van der Waals surface area contributed by atoms with E-state index in [1.165, 1.54) is 11.0 Å². The minimum absolute atomic E-state index is 0.0318. The summed E-state index contributed by atoms with van der Waals surface area (Å²) in [6.07, 6.45) is -3.73. The molecule has 8 heteroatoms. The molecule has 0 saturated carbocycles. The number of hydrogen-bond donors (Lipinski definition) is 0. The van der Waals surface area contributed by atoms with Gasteiger partial charge in [-0.05, 0) is 57.4 Å². The molecule has 0 unspecified atom stereocenters. The lowest BCUT2D eigenvalue weighted by Gasteiger charge is -2.35. The van der Waals surface area contributed by atoms with Crippen molar-refractivity contribution < 1.29 is 27.4 Å². The number of benzene rings is 1. The first-order valence-corrected chi connectivity index (χ1v) is 9.19. The fourth-order valence-electron chi connectivity index (χ4n) is 2.72.